The SMILES string of the molecule is CCNC(=O)Nc1ccc(CCl)cn1. The van der Waals surface area contributed by atoms with Crippen molar-refractivity contribution in [3.8, 4) is 0 Å². The standard InChI is InChI=1S/C9H12ClN3O/c1-2-11-9(14)13-8-4-3-7(5-10)6-12-8/h3-4,6H,2,5H2,1H3,(H2,11,12,13,14). The Bertz CT molecular complexity index is 299. The molecule has 1 heterocycles. The summed E-state index contributed by atoms with van der Waals surface area (Å²) >= 11 is 5.60. The van der Waals surface area contributed by atoms with Gasteiger partial charge in [0.2, 0.25) is 0 Å². The maximum Gasteiger partial charge on any atom is 0.320 e. The van der Waals surface area contributed by atoms with Crippen molar-refractivity contribution in [2.24, 2.45) is 0 Å². The molecule has 2 N–H and O–H groups in total. The van der Waals surface area contributed by atoms with Gasteiger partial charge in [-0.15, -0.1) is 11.6 Å². The second-order valence-corrected chi connectivity index (χ2v) is 2.94. The minimum Gasteiger partial charge on any atom is -0.338 e. The highest BCUT2D eigenvalue weighted by atomic mass is 35.5. The van der Waals surface area contributed by atoms with Crippen LogP contribution in [0.15, 0.2) is 18.3 Å². The molecule has 0 aliphatic carbocycles. The Hall–Kier alpha value is -1.29. The number of nitrogens with zero attached hydrogens (tertiary/aromatic N) is 1. The maximum atomic E-state index is 11.1. The van der Waals surface area contributed by atoms with Gasteiger partial charge in [0.15, 0.2) is 0 Å². The minimum atomic E-state index is -0.251. The van der Waals surface area contributed by atoms with Crippen LogP contribution in [-0.4, -0.2) is 17.6 Å². The van der Waals surface area contributed by atoms with Crippen molar-refractivity contribution in [2.45, 2.75) is 12.8 Å². The predicted molar refractivity (Wildman–Crippen MR) is 56.5 cm³/mol. The Balaban J connectivity index is 2.55. The summed E-state index contributed by atoms with van der Waals surface area (Å²) in [5.41, 5.74) is 0.924. The van der Waals surface area contributed by atoms with E-state index < -0.39 is 0 Å². The Morgan fingerprint density at radius 1 is 1.57 bits per heavy atom. The fourth-order valence-electron chi connectivity index (χ4n) is 0.899. The normalized spacial score (nSPS) is 9.57. The summed E-state index contributed by atoms with van der Waals surface area (Å²) in [6, 6.07) is 3.28. The summed E-state index contributed by atoms with van der Waals surface area (Å²) in [6.07, 6.45) is 1.63. The van der Waals surface area contributed by atoms with Crippen LogP contribution in [-0.2, 0) is 5.88 Å². The van der Waals surface area contributed by atoms with Crippen molar-refractivity contribution < 1.29 is 4.79 Å². The molecule has 2 amide bonds. The second-order valence-electron chi connectivity index (χ2n) is 2.67. The molecule has 0 atom stereocenters. The first-order chi connectivity index (χ1) is 6.76. The number of amides is 2. The third-order valence-electron chi connectivity index (χ3n) is 1.56. The van der Waals surface area contributed by atoms with Crippen molar-refractivity contribution in [1.82, 2.24) is 10.3 Å². The number of nitrogens with one attached hydrogen (secondary N) is 2. The van der Waals surface area contributed by atoms with Gasteiger partial charge in [-0.2, -0.15) is 0 Å². The van der Waals surface area contributed by atoms with E-state index in [2.05, 4.69) is 15.6 Å². The number of halogens is 1. The van der Waals surface area contributed by atoms with Gasteiger partial charge >= 0.3 is 6.03 Å². The lowest BCUT2D eigenvalue weighted by Gasteiger charge is -2.04. The number of carbonyl (C=O) groups excluding carboxylic acids is 1. The molecule has 5 heteroatoms. The van der Waals surface area contributed by atoms with E-state index in [1.807, 2.05) is 13.0 Å². The van der Waals surface area contributed by atoms with Gasteiger partial charge in [0.25, 0.3) is 0 Å². The van der Waals surface area contributed by atoms with Gasteiger partial charge in [-0.1, -0.05) is 6.07 Å². The molecular formula is C9H12ClN3O. The van der Waals surface area contributed by atoms with Crippen LogP contribution in [0.25, 0.3) is 0 Å². The average molecular weight is 214 g/mol. The van der Waals surface area contributed by atoms with Crippen molar-refractivity contribution in [2.75, 3.05) is 11.9 Å². The molecule has 1 rings (SSSR count). The van der Waals surface area contributed by atoms with Gasteiger partial charge < -0.3 is 5.32 Å². The molecule has 14 heavy (non-hydrogen) atoms. The summed E-state index contributed by atoms with van der Waals surface area (Å²) in [5.74, 6) is 0.943. The molecule has 0 unspecified atom stereocenters. The third-order valence-corrected chi connectivity index (χ3v) is 1.87. The summed E-state index contributed by atoms with van der Waals surface area (Å²) in [5, 5.41) is 5.20. The largest absolute Gasteiger partial charge is 0.338 e. The van der Waals surface area contributed by atoms with Crippen molar-refractivity contribution in [3.63, 3.8) is 0 Å². The number of aromatic nitrogens is 1. The molecule has 76 valence electrons. The van der Waals surface area contributed by atoms with Gasteiger partial charge in [-0.3, -0.25) is 5.32 Å². The molecule has 0 aromatic carbocycles. The van der Waals surface area contributed by atoms with Crippen LogP contribution in [0.1, 0.15) is 12.5 Å². The highest BCUT2D eigenvalue weighted by Gasteiger charge is 2.00. The minimum absolute atomic E-state index is 0.251. The smallest absolute Gasteiger partial charge is 0.320 e. The number of rotatable bonds is 3. The molecule has 1 aromatic rings. The van der Waals surface area contributed by atoms with Gasteiger partial charge in [0.05, 0.1) is 0 Å². The molecule has 0 aliphatic rings. The van der Waals surface area contributed by atoms with E-state index in [4.69, 9.17) is 11.6 Å². The Kier molecular flexibility index (Phi) is 4.19. The molecule has 1 aromatic heterocycles. The first-order valence-corrected chi connectivity index (χ1v) is 4.85. The number of pyridine rings is 1. The molecule has 4 nitrogen and oxygen atoms in total. The van der Waals surface area contributed by atoms with E-state index in [-0.39, 0.29) is 6.03 Å². The zero-order valence-corrected chi connectivity index (χ0v) is 8.64. The highest BCUT2D eigenvalue weighted by molar-refractivity contribution is 6.17. The third kappa shape index (κ3) is 3.22. The van der Waals surface area contributed by atoms with E-state index in [9.17, 15) is 4.79 Å². The van der Waals surface area contributed by atoms with Crippen molar-refractivity contribution >= 4 is 23.4 Å². The molecule has 0 aliphatic heterocycles. The topological polar surface area (TPSA) is 54.0 Å². The zero-order valence-electron chi connectivity index (χ0n) is 7.88. The summed E-state index contributed by atoms with van der Waals surface area (Å²) < 4.78 is 0. The van der Waals surface area contributed by atoms with E-state index in [0.717, 1.165) is 5.56 Å². The van der Waals surface area contributed by atoms with Gasteiger partial charge in [-0.05, 0) is 18.6 Å². The van der Waals surface area contributed by atoms with E-state index in [0.29, 0.717) is 18.2 Å². The lowest BCUT2D eigenvalue weighted by atomic mass is 10.3. The molecular weight excluding hydrogens is 202 g/mol. The van der Waals surface area contributed by atoms with Crippen LogP contribution < -0.4 is 10.6 Å². The van der Waals surface area contributed by atoms with Crippen LogP contribution in [0, 0.1) is 0 Å². The monoisotopic (exact) mass is 213 g/mol. The fourth-order valence-corrected chi connectivity index (χ4v) is 1.06. The zero-order chi connectivity index (χ0) is 10.4. The average Bonchev–Trinajstić information content (AvgIpc) is 2.19. The number of alkyl halides is 1. The predicted octanol–water partition coefficient (Wildman–Crippen LogP) is 1.96. The quantitative estimate of drug-likeness (QED) is 0.755. The van der Waals surface area contributed by atoms with Crippen LogP contribution in [0.5, 0.6) is 0 Å². The summed E-state index contributed by atoms with van der Waals surface area (Å²) in [6.45, 7) is 2.44. The number of anilines is 1. The van der Waals surface area contributed by atoms with Gasteiger partial charge in [0.1, 0.15) is 5.82 Å². The highest BCUT2D eigenvalue weighted by Crippen LogP contribution is 2.06. The molecule has 0 saturated carbocycles. The van der Waals surface area contributed by atoms with Crippen LogP contribution in [0.3, 0.4) is 0 Å². The number of urea groups is 1. The first-order valence-electron chi connectivity index (χ1n) is 4.32. The van der Waals surface area contributed by atoms with E-state index in [1.165, 1.54) is 0 Å². The van der Waals surface area contributed by atoms with Crippen molar-refractivity contribution in [3.05, 3.63) is 23.9 Å². The van der Waals surface area contributed by atoms with Crippen LogP contribution in [0.4, 0.5) is 10.6 Å². The van der Waals surface area contributed by atoms with Gasteiger partial charge in [0, 0.05) is 18.6 Å². The lowest BCUT2D eigenvalue weighted by Crippen LogP contribution is -2.28. The van der Waals surface area contributed by atoms with Crippen molar-refractivity contribution in [1.29, 1.82) is 0 Å². The van der Waals surface area contributed by atoms with Crippen LogP contribution in [0.2, 0.25) is 0 Å². The maximum absolute atomic E-state index is 11.1. The Labute approximate surface area is 87.7 Å². The number of carbonyl (C=O) groups is 1. The second kappa shape index (κ2) is 5.44. The summed E-state index contributed by atoms with van der Waals surface area (Å²) in [7, 11) is 0. The molecule has 0 saturated heterocycles. The Morgan fingerprint density at radius 3 is 2.86 bits per heavy atom. The van der Waals surface area contributed by atoms with E-state index in [1.54, 1.807) is 12.3 Å². The number of hydrogen-bond acceptors (Lipinski definition) is 2. The molecule has 0 bridgehead atoms. The van der Waals surface area contributed by atoms with Gasteiger partial charge in [-0.25, -0.2) is 9.78 Å². The fraction of sp³-hybridized carbons (Fsp3) is 0.333. The van der Waals surface area contributed by atoms with Crippen LogP contribution >= 0.6 is 11.6 Å². The molecule has 0 radical (unpaired) electrons. The first kappa shape index (κ1) is 10.8. The number of hydrogen-bond donors (Lipinski definition) is 2. The summed E-state index contributed by atoms with van der Waals surface area (Å²) in [4.78, 5) is 15.1. The van der Waals surface area contributed by atoms with E-state index >= 15 is 0 Å². The molecule has 0 spiro atoms. The molecule has 0 fully saturated rings. The Morgan fingerprint density at radius 2 is 2.36 bits per heavy atom. The lowest BCUT2D eigenvalue weighted by molar-refractivity contribution is 0.252.